The Balaban J connectivity index is 0.000000170. The summed E-state index contributed by atoms with van der Waals surface area (Å²) < 4.78 is 10.4. The van der Waals surface area contributed by atoms with Crippen LogP contribution in [-0.2, 0) is 15.6 Å². The number of Topliss-reactive ketones (excluding diaryl/α,β-unsaturated/α-hetero) is 1. The lowest BCUT2D eigenvalue weighted by Gasteiger charge is -2.36. The van der Waals surface area contributed by atoms with Crippen molar-refractivity contribution in [2.24, 2.45) is 5.73 Å². The number of hydrogen-bond acceptors (Lipinski definition) is 13. The van der Waals surface area contributed by atoms with E-state index in [1.165, 1.54) is 0 Å². The van der Waals surface area contributed by atoms with Gasteiger partial charge >= 0.3 is 0 Å². The fraction of sp³-hybridized carbons (Fsp3) is 0.575. The smallest absolute Gasteiger partial charge is 0.229 e. The number of carbonyl (C=O) groups excluding carboxylic acids is 1. The van der Waals surface area contributed by atoms with Crippen molar-refractivity contribution >= 4 is 18.2 Å². The van der Waals surface area contributed by atoms with Gasteiger partial charge in [-0.15, -0.1) is 12.4 Å². The Kier molecular flexibility index (Phi) is 14.0. The molecule has 4 heterocycles. The van der Waals surface area contributed by atoms with E-state index in [4.69, 9.17) is 14.8 Å². The van der Waals surface area contributed by atoms with Crippen molar-refractivity contribution in [3.05, 3.63) is 83.6 Å². The molecule has 0 bridgehead atoms. The SMILES string of the molecule is Cc1noc([C@H]2CC[C@@H](N)C2)n1.Cc1noc([C@H]2CC[C@@H](NC3CCC(C#N)(c4ccccn4)CC3)C2)n1.Cl.N#CC1(c2ccccn2)CCC(=O)CC1. The average Bonchev–Trinajstić information content (AvgIpc) is 4.03. The second-order valence-electron chi connectivity index (χ2n) is 15.1. The largest absolute Gasteiger partial charge is 0.339 e. The number of rotatable bonds is 6. The lowest BCUT2D eigenvalue weighted by atomic mass is 9.71. The Hall–Kier alpha value is -4.56. The first-order valence-corrected chi connectivity index (χ1v) is 19.0. The van der Waals surface area contributed by atoms with E-state index in [-0.39, 0.29) is 18.2 Å². The highest BCUT2D eigenvalue weighted by molar-refractivity contribution is 5.85. The molecule has 4 aromatic heterocycles. The van der Waals surface area contributed by atoms with Gasteiger partial charge < -0.3 is 20.1 Å². The summed E-state index contributed by atoms with van der Waals surface area (Å²) in [5.74, 6) is 4.02. The molecule has 3 N–H and O–H groups in total. The molecule has 0 unspecified atom stereocenters. The maximum atomic E-state index is 11.2. The van der Waals surface area contributed by atoms with Crippen molar-refractivity contribution in [1.82, 2.24) is 35.6 Å². The maximum Gasteiger partial charge on any atom is 0.229 e. The lowest BCUT2D eigenvalue weighted by Crippen LogP contribution is -2.43. The fourth-order valence-electron chi connectivity index (χ4n) is 8.26. The van der Waals surface area contributed by atoms with Crippen LogP contribution in [0.3, 0.4) is 0 Å². The number of hydrogen-bond donors (Lipinski definition) is 2. The number of nitriles is 2. The highest BCUT2D eigenvalue weighted by Crippen LogP contribution is 2.40. The Bertz CT molecular complexity index is 1850. The molecule has 286 valence electrons. The van der Waals surface area contributed by atoms with Gasteiger partial charge in [-0.1, -0.05) is 22.4 Å². The molecule has 8 rings (SSSR count). The van der Waals surface area contributed by atoms with Gasteiger partial charge in [-0.3, -0.25) is 14.8 Å². The van der Waals surface area contributed by atoms with Crippen molar-refractivity contribution in [2.75, 3.05) is 0 Å². The van der Waals surface area contributed by atoms with E-state index in [1.807, 2.05) is 50.2 Å². The minimum atomic E-state index is -0.533. The average molecular weight is 755 g/mol. The zero-order valence-corrected chi connectivity index (χ0v) is 32.0. The van der Waals surface area contributed by atoms with E-state index in [0.717, 1.165) is 87.4 Å². The van der Waals surface area contributed by atoms with Crippen molar-refractivity contribution in [3.63, 3.8) is 0 Å². The molecule has 4 atom stereocenters. The number of nitrogens with zero attached hydrogens (tertiary/aromatic N) is 8. The molecule has 0 aromatic carbocycles. The van der Waals surface area contributed by atoms with Crippen molar-refractivity contribution < 1.29 is 13.8 Å². The van der Waals surface area contributed by atoms with Crippen LogP contribution in [0.1, 0.15) is 137 Å². The summed E-state index contributed by atoms with van der Waals surface area (Å²) in [4.78, 5) is 28.4. The maximum absolute atomic E-state index is 11.2. The Morgan fingerprint density at radius 3 is 1.69 bits per heavy atom. The summed E-state index contributed by atoms with van der Waals surface area (Å²) in [6.07, 6.45) is 15.9. The van der Waals surface area contributed by atoms with E-state index in [1.54, 1.807) is 12.4 Å². The molecule has 4 aliphatic rings. The Morgan fingerprint density at radius 1 is 0.722 bits per heavy atom. The molecule has 0 saturated heterocycles. The van der Waals surface area contributed by atoms with Crippen LogP contribution in [0.5, 0.6) is 0 Å². The molecule has 4 aromatic rings. The monoisotopic (exact) mass is 754 g/mol. The minimum Gasteiger partial charge on any atom is -0.339 e. The normalized spacial score (nSPS) is 27.2. The molecule has 0 aliphatic heterocycles. The summed E-state index contributed by atoms with van der Waals surface area (Å²) in [6.45, 7) is 3.70. The van der Waals surface area contributed by atoms with Gasteiger partial charge in [0.25, 0.3) is 0 Å². The van der Waals surface area contributed by atoms with E-state index >= 15 is 0 Å². The van der Waals surface area contributed by atoms with Gasteiger partial charge in [-0.25, -0.2) is 0 Å². The molecular weight excluding hydrogens is 704 g/mol. The summed E-state index contributed by atoms with van der Waals surface area (Å²) in [6, 6.07) is 17.7. The van der Waals surface area contributed by atoms with Crippen LogP contribution in [0.25, 0.3) is 0 Å². The molecule has 0 amide bonds. The predicted octanol–water partition coefficient (Wildman–Crippen LogP) is 6.78. The van der Waals surface area contributed by atoms with Gasteiger partial charge in [0.1, 0.15) is 11.2 Å². The van der Waals surface area contributed by atoms with E-state index in [0.29, 0.717) is 67.3 Å². The third-order valence-corrected chi connectivity index (χ3v) is 11.4. The zero-order chi connectivity index (χ0) is 37.3. The van der Waals surface area contributed by atoms with E-state index < -0.39 is 10.8 Å². The van der Waals surface area contributed by atoms with Crippen LogP contribution in [0.2, 0.25) is 0 Å². The van der Waals surface area contributed by atoms with Crippen LogP contribution in [0.15, 0.2) is 57.8 Å². The molecule has 14 heteroatoms. The van der Waals surface area contributed by atoms with Crippen LogP contribution >= 0.6 is 12.4 Å². The number of nitrogens with two attached hydrogens (primary N) is 1. The standard InChI is InChI=1S/C20H25N5O.C12H12N2O.C8H13N3O.ClH/c1-14-23-19(26-25-14)15-5-6-17(12-15)24-16-7-9-20(13-21,10-8-16)18-4-2-3-11-22-18;13-9-12(6-4-10(15)5-7-12)11-3-1-2-8-14-11;1-5-10-8(12-11-5)6-2-3-7(9)4-6;/h2-4,11,15-17,24H,5-10,12H2,1H3;1-3,8H,4-7H2;6-7H,2-4,9H2,1H3;1H/t15-,16?,17+,20?;;6-,7+;/m0.0./s1. The van der Waals surface area contributed by atoms with Crippen LogP contribution in [0, 0.1) is 36.5 Å². The molecule has 4 fully saturated rings. The quantitative estimate of drug-likeness (QED) is 0.208. The lowest BCUT2D eigenvalue weighted by molar-refractivity contribution is -0.121. The topological polar surface area (TPSA) is 206 Å². The van der Waals surface area contributed by atoms with Crippen molar-refractivity contribution in [2.45, 2.75) is 145 Å². The van der Waals surface area contributed by atoms with Gasteiger partial charge in [-0.2, -0.15) is 20.5 Å². The van der Waals surface area contributed by atoms with Crippen LogP contribution in [-0.4, -0.2) is 54.2 Å². The third-order valence-electron chi connectivity index (χ3n) is 11.4. The first kappa shape index (κ1) is 40.6. The highest BCUT2D eigenvalue weighted by Gasteiger charge is 2.40. The van der Waals surface area contributed by atoms with E-state index in [2.05, 4.69) is 47.7 Å². The van der Waals surface area contributed by atoms with Crippen molar-refractivity contribution in [3.8, 4) is 12.1 Å². The Morgan fingerprint density at radius 2 is 1.24 bits per heavy atom. The number of carbonyl (C=O) groups is 1. The number of nitrogens with one attached hydrogen (secondary N) is 1. The van der Waals surface area contributed by atoms with Gasteiger partial charge in [0.2, 0.25) is 11.8 Å². The van der Waals surface area contributed by atoms with E-state index in [9.17, 15) is 15.3 Å². The first-order valence-electron chi connectivity index (χ1n) is 19.0. The Labute approximate surface area is 323 Å². The molecule has 0 spiro atoms. The second-order valence-corrected chi connectivity index (χ2v) is 15.1. The summed E-state index contributed by atoms with van der Waals surface area (Å²) in [5, 5.41) is 30.6. The summed E-state index contributed by atoms with van der Waals surface area (Å²) >= 11 is 0. The van der Waals surface area contributed by atoms with Crippen LogP contribution < -0.4 is 11.1 Å². The number of pyridine rings is 2. The minimum absolute atomic E-state index is 0. The first-order chi connectivity index (χ1) is 25.7. The number of aryl methyl sites for hydroxylation is 2. The summed E-state index contributed by atoms with van der Waals surface area (Å²) in [7, 11) is 0. The molecule has 4 aliphatic carbocycles. The van der Waals surface area contributed by atoms with Gasteiger partial charge in [0.05, 0.1) is 28.9 Å². The number of ketones is 1. The van der Waals surface area contributed by atoms with Gasteiger partial charge in [-0.05, 0) is 115 Å². The predicted molar refractivity (Wildman–Crippen MR) is 202 cm³/mol. The fourth-order valence-corrected chi connectivity index (χ4v) is 8.26. The molecular formula is C40H51ClN10O3. The van der Waals surface area contributed by atoms with Gasteiger partial charge in [0.15, 0.2) is 11.6 Å². The zero-order valence-electron chi connectivity index (χ0n) is 31.2. The van der Waals surface area contributed by atoms with Gasteiger partial charge in [0, 0.05) is 55.2 Å². The molecule has 54 heavy (non-hydrogen) atoms. The number of halogens is 1. The number of aromatic nitrogens is 6. The molecule has 13 nitrogen and oxygen atoms in total. The highest BCUT2D eigenvalue weighted by atomic mass is 35.5. The summed E-state index contributed by atoms with van der Waals surface area (Å²) in [5.41, 5.74) is 6.56. The second kappa shape index (κ2) is 18.7. The third kappa shape index (κ3) is 9.94. The molecule has 4 saturated carbocycles. The van der Waals surface area contributed by atoms with Crippen LogP contribution in [0.4, 0.5) is 0 Å². The van der Waals surface area contributed by atoms with Crippen molar-refractivity contribution in [1.29, 1.82) is 10.5 Å². The molecule has 0 radical (unpaired) electrons.